The Balaban J connectivity index is 1.42. The molecule has 0 radical (unpaired) electrons. The van der Waals surface area contributed by atoms with Gasteiger partial charge in [0, 0.05) is 17.1 Å². The van der Waals surface area contributed by atoms with Crippen LogP contribution in [0.3, 0.4) is 0 Å². The van der Waals surface area contributed by atoms with Crippen LogP contribution in [0.1, 0.15) is 15.9 Å². The molecule has 25 heavy (non-hydrogen) atoms. The summed E-state index contributed by atoms with van der Waals surface area (Å²) in [5.41, 5.74) is 1.45. The second-order valence-corrected chi connectivity index (χ2v) is 5.92. The molecule has 0 saturated carbocycles. The number of hydrogen-bond donors (Lipinski definition) is 2. The summed E-state index contributed by atoms with van der Waals surface area (Å²) in [4.78, 5) is 23.9. The quantitative estimate of drug-likeness (QED) is 0.827. The van der Waals surface area contributed by atoms with E-state index >= 15 is 0 Å². The lowest BCUT2D eigenvalue weighted by molar-refractivity contribution is -0.120. The van der Waals surface area contributed by atoms with Crippen LogP contribution < -0.4 is 20.1 Å². The number of carbonyl (C=O) groups is 2. The van der Waals surface area contributed by atoms with E-state index in [1.54, 1.807) is 24.3 Å². The second kappa shape index (κ2) is 7.90. The molecule has 7 heteroatoms. The summed E-state index contributed by atoms with van der Waals surface area (Å²) in [6.45, 7) is 0.525. The zero-order chi connectivity index (χ0) is 17.6. The Kier molecular flexibility index (Phi) is 5.40. The molecular weight excluding hydrogens is 344 g/mol. The Morgan fingerprint density at radius 2 is 1.88 bits per heavy atom. The van der Waals surface area contributed by atoms with Crippen LogP contribution in [-0.4, -0.2) is 31.7 Å². The topological polar surface area (TPSA) is 76.7 Å². The maximum absolute atomic E-state index is 12.1. The highest BCUT2D eigenvalue weighted by molar-refractivity contribution is 6.30. The first kappa shape index (κ1) is 17.1. The summed E-state index contributed by atoms with van der Waals surface area (Å²) in [6, 6.07) is 12.4. The van der Waals surface area contributed by atoms with Crippen molar-refractivity contribution >= 4 is 23.4 Å². The average Bonchev–Trinajstić information content (AvgIpc) is 3.07. The van der Waals surface area contributed by atoms with E-state index in [2.05, 4.69) is 10.6 Å². The highest BCUT2D eigenvalue weighted by Gasteiger charge is 2.16. The zero-order valence-electron chi connectivity index (χ0n) is 13.4. The van der Waals surface area contributed by atoms with Gasteiger partial charge in [-0.25, -0.2) is 0 Å². The van der Waals surface area contributed by atoms with E-state index in [1.165, 1.54) is 0 Å². The summed E-state index contributed by atoms with van der Waals surface area (Å²) >= 11 is 5.91. The zero-order valence-corrected chi connectivity index (χ0v) is 14.1. The number of benzene rings is 2. The van der Waals surface area contributed by atoms with E-state index in [4.69, 9.17) is 21.1 Å². The van der Waals surface area contributed by atoms with Crippen molar-refractivity contribution in [1.82, 2.24) is 10.6 Å². The van der Waals surface area contributed by atoms with Crippen molar-refractivity contribution in [2.75, 3.05) is 19.9 Å². The molecule has 0 atom stereocenters. The number of carbonyl (C=O) groups excluding carboxylic acids is 2. The predicted molar refractivity (Wildman–Crippen MR) is 93.1 cm³/mol. The maximum Gasteiger partial charge on any atom is 0.251 e. The van der Waals surface area contributed by atoms with Crippen molar-refractivity contribution in [1.29, 1.82) is 0 Å². The summed E-state index contributed by atoms with van der Waals surface area (Å²) < 4.78 is 10.4. The summed E-state index contributed by atoms with van der Waals surface area (Å²) in [5.74, 6) is 0.536. The van der Waals surface area contributed by atoms with Gasteiger partial charge in [0.1, 0.15) is 0 Å². The van der Waals surface area contributed by atoms with Gasteiger partial charge in [0.05, 0.1) is 6.54 Å². The summed E-state index contributed by atoms with van der Waals surface area (Å²) in [5, 5.41) is 6.00. The third-order valence-electron chi connectivity index (χ3n) is 3.67. The highest BCUT2D eigenvalue weighted by atomic mass is 35.5. The third kappa shape index (κ3) is 4.64. The van der Waals surface area contributed by atoms with Gasteiger partial charge in [-0.2, -0.15) is 0 Å². The van der Waals surface area contributed by atoms with Crippen molar-refractivity contribution in [2.45, 2.75) is 6.42 Å². The van der Waals surface area contributed by atoms with Gasteiger partial charge in [-0.1, -0.05) is 23.7 Å². The molecule has 0 aromatic heterocycles. The van der Waals surface area contributed by atoms with E-state index in [0.29, 0.717) is 35.1 Å². The van der Waals surface area contributed by atoms with Crippen LogP contribution in [0, 0.1) is 0 Å². The minimum Gasteiger partial charge on any atom is -0.454 e. The van der Waals surface area contributed by atoms with E-state index in [0.717, 1.165) is 5.56 Å². The molecule has 0 bridgehead atoms. The number of nitrogens with one attached hydrogen (secondary N) is 2. The Morgan fingerprint density at radius 3 is 2.72 bits per heavy atom. The van der Waals surface area contributed by atoms with Gasteiger partial charge in [0.2, 0.25) is 12.7 Å². The number of rotatable bonds is 6. The van der Waals surface area contributed by atoms with Crippen LogP contribution in [0.5, 0.6) is 11.5 Å². The lowest BCUT2D eigenvalue weighted by Crippen LogP contribution is -2.37. The standard InChI is InChI=1S/C18H17ClN2O4/c19-14-3-1-2-12(8-14)6-7-20-17(22)10-21-18(23)13-4-5-15-16(9-13)25-11-24-15/h1-5,8-9H,6-7,10-11H2,(H,20,22)(H,21,23). The van der Waals surface area contributed by atoms with Gasteiger partial charge in [-0.05, 0) is 42.3 Å². The fourth-order valence-electron chi connectivity index (χ4n) is 2.40. The minimum atomic E-state index is -0.344. The monoisotopic (exact) mass is 360 g/mol. The van der Waals surface area contributed by atoms with Crippen LogP contribution in [0.25, 0.3) is 0 Å². The molecule has 0 saturated heterocycles. The molecule has 130 valence electrons. The van der Waals surface area contributed by atoms with Crippen molar-refractivity contribution < 1.29 is 19.1 Å². The minimum absolute atomic E-state index is 0.0944. The predicted octanol–water partition coefficient (Wildman–Crippen LogP) is 2.16. The molecule has 0 spiro atoms. The fraction of sp³-hybridized carbons (Fsp3) is 0.222. The van der Waals surface area contributed by atoms with Crippen molar-refractivity contribution in [3.8, 4) is 11.5 Å². The van der Waals surface area contributed by atoms with Gasteiger partial charge in [-0.15, -0.1) is 0 Å². The van der Waals surface area contributed by atoms with Gasteiger partial charge in [0.25, 0.3) is 5.91 Å². The lowest BCUT2D eigenvalue weighted by Gasteiger charge is -2.08. The molecule has 1 aliphatic heterocycles. The first-order valence-electron chi connectivity index (χ1n) is 7.81. The Bertz CT molecular complexity index is 794. The first-order chi connectivity index (χ1) is 12.1. The molecule has 2 aromatic carbocycles. The Hall–Kier alpha value is -2.73. The molecule has 2 N–H and O–H groups in total. The first-order valence-corrected chi connectivity index (χ1v) is 8.18. The fourth-order valence-corrected chi connectivity index (χ4v) is 2.61. The number of hydrogen-bond acceptors (Lipinski definition) is 4. The second-order valence-electron chi connectivity index (χ2n) is 5.48. The Labute approximate surface area is 150 Å². The lowest BCUT2D eigenvalue weighted by atomic mass is 10.1. The molecular formula is C18H17ClN2O4. The van der Waals surface area contributed by atoms with Crippen LogP contribution in [-0.2, 0) is 11.2 Å². The molecule has 0 aliphatic carbocycles. The number of ether oxygens (including phenoxy) is 2. The van der Waals surface area contributed by atoms with E-state index < -0.39 is 0 Å². The number of fused-ring (bicyclic) bond motifs is 1. The number of halogens is 1. The van der Waals surface area contributed by atoms with Gasteiger partial charge < -0.3 is 20.1 Å². The van der Waals surface area contributed by atoms with Gasteiger partial charge in [0.15, 0.2) is 11.5 Å². The molecule has 1 aliphatic rings. The summed E-state index contributed by atoms with van der Waals surface area (Å²) in [7, 11) is 0. The molecule has 2 aromatic rings. The molecule has 0 unspecified atom stereocenters. The van der Waals surface area contributed by atoms with Crippen LogP contribution in [0.4, 0.5) is 0 Å². The molecule has 0 fully saturated rings. The highest BCUT2D eigenvalue weighted by Crippen LogP contribution is 2.32. The van der Waals surface area contributed by atoms with Gasteiger partial charge in [-0.3, -0.25) is 9.59 Å². The summed E-state index contributed by atoms with van der Waals surface area (Å²) in [6.07, 6.45) is 0.669. The van der Waals surface area contributed by atoms with Gasteiger partial charge >= 0.3 is 0 Å². The SMILES string of the molecule is O=C(CNC(=O)c1ccc2c(c1)OCO2)NCCc1cccc(Cl)c1. The molecule has 3 rings (SSSR count). The van der Waals surface area contributed by atoms with Crippen LogP contribution >= 0.6 is 11.6 Å². The van der Waals surface area contributed by atoms with Crippen LogP contribution in [0.2, 0.25) is 5.02 Å². The average molecular weight is 361 g/mol. The van der Waals surface area contributed by atoms with Crippen molar-refractivity contribution in [2.24, 2.45) is 0 Å². The largest absolute Gasteiger partial charge is 0.454 e. The van der Waals surface area contributed by atoms with E-state index in [9.17, 15) is 9.59 Å². The molecule has 6 nitrogen and oxygen atoms in total. The van der Waals surface area contributed by atoms with Crippen molar-refractivity contribution in [3.63, 3.8) is 0 Å². The van der Waals surface area contributed by atoms with E-state index in [-0.39, 0.29) is 25.2 Å². The van der Waals surface area contributed by atoms with Crippen molar-refractivity contribution in [3.05, 3.63) is 58.6 Å². The normalized spacial score (nSPS) is 11.9. The smallest absolute Gasteiger partial charge is 0.251 e. The third-order valence-corrected chi connectivity index (χ3v) is 3.90. The Morgan fingerprint density at radius 1 is 1.04 bits per heavy atom. The maximum atomic E-state index is 12.1. The van der Waals surface area contributed by atoms with Crippen LogP contribution in [0.15, 0.2) is 42.5 Å². The number of amides is 2. The molecule has 1 heterocycles. The van der Waals surface area contributed by atoms with E-state index in [1.807, 2.05) is 18.2 Å². The molecule has 2 amide bonds.